The summed E-state index contributed by atoms with van der Waals surface area (Å²) < 4.78 is 6.07. The Labute approximate surface area is 129 Å². The molecule has 0 fully saturated rings. The summed E-state index contributed by atoms with van der Waals surface area (Å²) in [5.74, 6) is 1.27. The van der Waals surface area contributed by atoms with Crippen molar-refractivity contribution < 1.29 is 9.53 Å². The number of anilines is 1. The van der Waals surface area contributed by atoms with Crippen LogP contribution in [0.3, 0.4) is 0 Å². The van der Waals surface area contributed by atoms with E-state index >= 15 is 0 Å². The fraction of sp³-hybridized carbons (Fsp3) is 0.533. The van der Waals surface area contributed by atoms with Crippen molar-refractivity contribution in [2.45, 2.75) is 32.6 Å². The van der Waals surface area contributed by atoms with Crippen LogP contribution in [-0.2, 0) is 4.79 Å². The smallest absolute Gasteiger partial charge is 0.224 e. The molecule has 0 bridgehead atoms. The quantitative estimate of drug-likeness (QED) is 0.759. The van der Waals surface area contributed by atoms with Crippen LogP contribution in [0.1, 0.15) is 32.6 Å². The van der Waals surface area contributed by atoms with Crippen molar-refractivity contribution in [1.82, 2.24) is 0 Å². The first-order chi connectivity index (χ1) is 9.60. The molecular weight excluding hydrogens is 320 g/mol. The van der Waals surface area contributed by atoms with Gasteiger partial charge in [-0.1, -0.05) is 13.3 Å². The molecule has 0 saturated carbocycles. The third-order valence-corrected chi connectivity index (χ3v) is 4.02. The average Bonchev–Trinajstić information content (AvgIpc) is 2.45. The summed E-state index contributed by atoms with van der Waals surface area (Å²) in [4.78, 5) is 11.9. The number of hydrogen-bond acceptors (Lipinski definition) is 3. The molecule has 1 rings (SSSR count). The van der Waals surface area contributed by atoms with E-state index in [0.717, 1.165) is 29.4 Å². The number of carbonyl (C=O) groups excluding carboxylic acids is 1. The minimum absolute atomic E-state index is 0.0323. The highest BCUT2D eigenvalue weighted by Gasteiger charge is 2.10. The number of carbonyl (C=O) groups is 1. The van der Waals surface area contributed by atoms with Crippen molar-refractivity contribution in [2.24, 2.45) is 11.7 Å². The molecule has 112 valence electrons. The lowest BCUT2D eigenvalue weighted by molar-refractivity contribution is -0.116. The third kappa shape index (κ3) is 5.51. The second kappa shape index (κ2) is 8.97. The number of benzene rings is 1. The minimum atomic E-state index is 0.0323. The molecule has 1 unspecified atom stereocenters. The maximum absolute atomic E-state index is 11.9. The van der Waals surface area contributed by atoms with Crippen LogP contribution in [0.4, 0.5) is 5.69 Å². The normalized spacial score (nSPS) is 12.0. The highest BCUT2D eigenvalue weighted by atomic mass is 79.9. The largest absolute Gasteiger partial charge is 0.495 e. The molecule has 1 atom stereocenters. The Kier molecular flexibility index (Phi) is 7.62. The van der Waals surface area contributed by atoms with Crippen LogP contribution in [0, 0.1) is 5.92 Å². The van der Waals surface area contributed by atoms with Crippen molar-refractivity contribution >= 4 is 27.5 Å². The molecule has 0 radical (unpaired) electrons. The second-order valence-corrected chi connectivity index (χ2v) is 5.64. The highest BCUT2D eigenvalue weighted by Crippen LogP contribution is 2.28. The highest BCUT2D eigenvalue weighted by molar-refractivity contribution is 9.10. The molecule has 4 nitrogen and oxygen atoms in total. The van der Waals surface area contributed by atoms with Crippen LogP contribution in [-0.4, -0.2) is 19.6 Å². The van der Waals surface area contributed by atoms with Crippen LogP contribution >= 0.6 is 15.9 Å². The van der Waals surface area contributed by atoms with E-state index < -0.39 is 0 Å². The molecule has 0 heterocycles. The van der Waals surface area contributed by atoms with Crippen LogP contribution in [0.2, 0.25) is 0 Å². The lowest BCUT2D eigenvalue weighted by atomic mass is 9.96. The van der Waals surface area contributed by atoms with Crippen LogP contribution in [0.5, 0.6) is 5.75 Å². The van der Waals surface area contributed by atoms with Gasteiger partial charge in [0.05, 0.1) is 11.6 Å². The zero-order chi connectivity index (χ0) is 15.0. The lowest BCUT2D eigenvalue weighted by Gasteiger charge is -2.13. The molecule has 0 aromatic heterocycles. The molecule has 1 aromatic rings. The Morgan fingerprint density at radius 3 is 2.80 bits per heavy atom. The Morgan fingerprint density at radius 2 is 2.20 bits per heavy atom. The summed E-state index contributed by atoms with van der Waals surface area (Å²) in [6, 6.07) is 5.51. The average molecular weight is 343 g/mol. The maximum Gasteiger partial charge on any atom is 0.224 e. The Bertz CT molecular complexity index is 438. The number of nitrogens with two attached hydrogens (primary N) is 1. The van der Waals surface area contributed by atoms with Crippen molar-refractivity contribution in [3.63, 3.8) is 0 Å². The number of ether oxygens (including phenoxy) is 1. The van der Waals surface area contributed by atoms with E-state index in [1.165, 1.54) is 0 Å². The number of hydrogen-bond donors (Lipinski definition) is 2. The Morgan fingerprint density at radius 1 is 1.45 bits per heavy atom. The van der Waals surface area contributed by atoms with E-state index in [2.05, 4.69) is 28.2 Å². The predicted octanol–water partition coefficient (Wildman–Crippen LogP) is 3.55. The maximum atomic E-state index is 11.9. The zero-order valence-corrected chi connectivity index (χ0v) is 13.7. The van der Waals surface area contributed by atoms with Crippen molar-refractivity contribution in [3.8, 4) is 5.75 Å². The molecule has 0 saturated heterocycles. The van der Waals surface area contributed by atoms with Gasteiger partial charge >= 0.3 is 0 Å². The number of nitrogens with one attached hydrogen (secondary N) is 1. The van der Waals surface area contributed by atoms with Crippen LogP contribution < -0.4 is 15.8 Å². The van der Waals surface area contributed by atoms with Crippen molar-refractivity contribution in [2.75, 3.05) is 19.0 Å². The summed E-state index contributed by atoms with van der Waals surface area (Å²) in [6.45, 7) is 2.82. The zero-order valence-electron chi connectivity index (χ0n) is 12.1. The van der Waals surface area contributed by atoms with E-state index in [-0.39, 0.29) is 5.91 Å². The van der Waals surface area contributed by atoms with Gasteiger partial charge < -0.3 is 15.8 Å². The molecule has 1 aromatic carbocycles. The summed E-state index contributed by atoms with van der Waals surface area (Å²) in [5.41, 5.74) is 6.31. The van der Waals surface area contributed by atoms with E-state index in [1.54, 1.807) is 13.2 Å². The van der Waals surface area contributed by atoms with Gasteiger partial charge in [-0.15, -0.1) is 0 Å². The molecule has 1 amide bonds. The molecule has 0 aliphatic heterocycles. The molecule has 0 aliphatic carbocycles. The van der Waals surface area contributed by atoms with E-state index in [9.17, 15) is 4.79 Å². The van der Waals surface area contributed by atoms with E-state index in [1.807, 2.05) is 12.1 Å². The topological polar surface area (TPSA) is 64.4 Å². The van der Waals surface area contributed by atoms with E-state index in [0.29, 0.717) is 24.6 Å². The molecular formula is C15H23BrN2O2. The Hall–Kier alpha value is -1.07. The summed E-state index contributed by atoms with van der Waals surface area (Å²) in [6.07, 6.45) is 3.45. The fourth-order valence-electron chi connectivity index (χ4n) is 2.08. The molecule has 0 spiro atoms. The van der Waals surface area contributed by atoms with Crippen LogP contribution in [0.15, 0.2) is 22.7 Å². The van der Waals surface area contributed by atoms with Gasteiger partial charge in [-0.25, -0.2) is 0 Å². The molecule has 20 heavy (non-hydrogen) atoms. The van der Waals surface area contributed by atoms with Crippen LogP contribution in [0.25, 0.3) is 0 Å². The molecule has 5 heteroatoms. The van der Waals surface area contributed by atoms with Gasteiger partial charge in [-0.2, -0.15) is 0 Å². The first kappa shape index (κ1) is 17.0. The summed E-state index contributed by atoms with van der Waals surface area (Å²) in [7, 11) is 1.60. The number of amides is 1. The van der Waals surface area contributed by atoms with Gasteiger partial charge in [0.2, 0.25) is 5.91 Å². The molecule has 3 N–H and O–H groups in total. The van der Waals surface area contributed by atoms with Crippen molar-refractivity contribution in [1.29, 1.82) is 0 Å². The van der Waals surface area contributed by atoms with Gasteiger partial charge in [-0.3, -0.25) is 4.79 Å². The summed E-state index contributed by atoms with van der Waals surface area (Å²) in [5, 5.41) is 2.89. The van der Waals surface area contributed by atoms with Crippen molar-refractivity contribution in [3.05, 3.63) is 22.7 Å². The van der Waals surface area contributed by atoms with Gasteiger partial charge in [0.25, 0.3) is 0 Å². The third-order valence-electron chi connectivity index (χ3n) is 3.37. The predicted molar refractivity (Wildman–Crippen MR) is 86.0 cm³/mol. The van der Waals surface area contributed by atoms with Gasteiger partial charge in [0, 0.05) is 18.2 Å². The monoisotopic (exact) mass is 342 g/mol. The number of methoxy groups -OCH3 is 1. The second-order valence-electron chi connectivity index (χ2n) is 4.79. The van der Waals surface area contributed by atoms with Gasteiger partial charge in [0.15, 0.2) is 0 Å². The van der Waals surface area contributed by atoms with E-state index in [4.69, 9.17) is 10.5 Å². The molecule has 0 aliphatic rings. The fourth-order valence-corrected chi connectivity index (χ4v) is 2.49. The number of rotatable bonds is 8. The van der Waals surface area contributed by atoms with Gasteiger partial charge in [0.1, 0.15) is 5.75 Å². The Balaban J connectivity index is 2.49. The first-order valence-corrected chi connectivity index (χ1v) is 7.73. The van der Waals surface area contributed by atoms with Gasteiger partial charge in [-0.05, 0) is 53.4 Å². The number of halogens is 1. The standard InChI is InChI=1S/C15H23BrN2O2/c1-3-11(8-9-17)4-7-15(19)18-12-5-6-13(16)14(10-12)20-2/h5-6,10-11H,3-4,7-9,17H2,1-2H3,(H,18,19). The lowest BCUT2D eigenvalue weighted by Crippen LogP contribution is -2.15. The SMILES string of the molecule is CCC(CCN)CCC(=O)Nc1ccc(Br)c(OC)c1. The first-order valence-electron chi connectivity index (χ1n) is 6.94. The minimum Gasteiger partial charge on any atom is -0.495 e. The summed E-state index contributed by atoms with van der Waals surface area (Å²) >= 11 is 3.38.